The molecule has 3 rings (SSSR count). The van der Waals surface area contributed by atoms with Gasteiger partial charge in [0.1, 0.15) is 5.82 Å². The highest BCUT2D eigenvalue weighted by Gasteiger charge is 2.15. The van der Waals surface area contributed by atoms with E-state index in [-0.39, 0.29) is 5.82 Å². The average molecular weight is 437 g/mol. The fourth-order valence-electron chi connectivity index (χ4n) is 2.81. The third kappa shape index (κ3) is 4.82. The van der Waals surface area contributed by atoms with Crippen molar-refractivity contribution in [2.45, 2.75) is 26.9 Å². The summed E-state index contributed by atoms with van der Waals surface area (Å²) in [5.41, 5.74) is 4.31. The molecular weight excluding hydrogens is 418 g/mol. The van der Waals surface area contributed by atoms with Gasteiger partial charge in [0.2, 0.25) is 0 Å². The molecule has 1 aromatic heterocycles. The van der Waals surface area contributed by atoms with Crippen molar-refractivity contribution in [3.05, 3.63) is 80.8 Å². The second-order valence-corrected chi connectivity index (χ2v) is 7.56. The van der Waals surface area contributed by atoms with Crippen molar-refractivity contribution in [3.63, 3.8) is 0 Å². The van der Waals surface area contributed by atoms with Gasteiger partial charge in [-0.1, -0.05) is 41.4 Å². The van der Waals surface area contributed by atoms with Gasteiger partial charge in [-0.05, 0) is 55.9 Å². The van der Waals surface area contributed by atoms with E-state index in [1.165, 1.54) is 12.1 Å². The zero-order valence-electron chi connectivity index (χ0n) is 15.4. The molecule has 0 amide bonds. The SMILES string of the molecule is Cc1nn(Cc2c(Cl)cccc2Cl)c(C)c1NC(=S)NCc1ccc(F)cc1. The number of anilines is 1. The summed E-state index contributed by atoms with van der Waals surface area (Å²) < 4.78 is 14.8. The lowest BCUT2D eigenvalue weighted by Crippen LogP contribution is -2.28. The molecule has 1 heterocycles. The predicted octanol–water partition coefficient (Wildman–Crippen LogP) is 5.48. The van der Waals surface area contributed by atoms with Crippen LogP contribution in [0.2, 0.25) is 10.0 Å². The van der Waals surface area contributed by atoms with Crippen molar-refractivity contribution >= 4 is 46.2 Å². The van der Waals surface area contributed by atoms with Crippen molar-refractivity contribution in [3.8, 4) is 0 Å². The maximum absolute atomic E-state index is 13.0. The molecule has 0 saturated heterocycles. The number of aromatic nitrogens is 2. The molecule has 0 radical (unpaired) electrons. The first kappa shape index (κ1) is 20.6. The van der Waals surface area contributed by atoms with Crippen LogP contribution in [0.25, 0.3) is 0 Å². The van der Waals surface area contributed by atoms with E-state index >= 15 is 0 Å². The topological polar surface area (TPSA) is 41.9 Å². The fraction of sp³-hybridized carbons (Fsp3) is 0.200. The van der Waals surface area contributed by atoms with E-state index in [0.29, 0.717) is 28.2 Å². The minimum Gasteiger partial charge on any atom is -0.358 e. The Bertz CT molecular complexity index is 982. The van der Waals surface area contributed by atoms with Gasteiger partial charge < -0.3 is 10.6 Å². The number of rotatable bonds is 5. The Morgan fingerprint density at radius 2 is 1.75 bits per heavy atom. The van der Waals surface area contributed by atoms with Gasteiger partial charge in [-0.3, -0.25) is 4.68 Å². The van der Waals surface area contributed by atoms with Crippen LogP contribution >= 0.6 is 35.4 Å². The standard InChI is InChI=1S/C20H19Cl2FN4S/c1-12-19(25-20(28)24-10-14-6-8-15(23)9-7-14)13(2)27(26-12)11-16-17(21)4-3-5-18(16)22/h3-9H,10-11H2,1-2H3,(H2,24,25,28). The summed E-state index contributed by atoms with van der Waals surface area (Å²) in [6.07, 6.45) is 0. The highest BCUT2D eigenvalue weighted by atomic mass is 35.5. The van der Waals surface area contributed by atoms with Gasteiger partial charge >= 0.3 is 0 Å². The number of nitrogens with one attached hydrogen (secondary N) is 2. The summed E-state index contributed by atoms with van der Waals surface area (Å²) in [5, 5.41) is 12.6. The first-order valence-electron chi connectivity index (χ1n) is 8.61. The van der Waals surface area contributed by atoms with Gasteiger partial charge in [-0.2, -0.15) is 5.10 Å². The molecule has 0 aliphatic carbocycles. The number of aryl methyl sites for hydroxylation is 1. The molecule has 2 N–H and O–H groups in total. The smallest absolute Gasteiger partial charge is 0.171 e. The van der Waals surface area contributed by atoms with Gasteiger partial charge in [0.05, 0.1) is 23.6 Å². The van der Waals surface area contributed by atoms with Crippen LogP contribution < -0.4 is 10.6 Å². The Morgan fingerprint density at radius 1 is 1.11 bits per heavy atom. The highest BCUT2D eigenvalue weighted by molar-refractivity contribution is 7.80. The van der Waals surface area contributed by atoms with Crippen LogP contribution in [0.4, 0.5) is 10.1 Å². The Balaban J connectivity index is 1.69. The second-order valence-electron chi connectivity index (χ2n) is 6.34. The molecule has 28 heavy (non-hydrogen) atoms. The molecule has 4 nitrogen and oxygen atoms in total. The first-order valence-corrected chi connectivity index (χ1v) is 9.77. The van der Waals surface area contributed by atoms with E-state index in [4.69, 9.17) is 35.4 Å². The molecule has 0 bridgehead atoms. The van der Waals surface area contributed by atoms with Crippen LogP contribution in [0.3, 0.4) is 0 Å². The number of hydrogen-bond donors (Lipinski definition) is 2. The molecule has 3 aromatic rings. The molecule has 2 aromatic carbocycles. The summed E-state index contributed by atoms with van der Waals surface area (Å²) >= 11 is 17.9. The molecule has 0 aliphatic heterocycles. The Morgan fingerprint density at radius 3 is 2.39 bits per heavy atom. The summed E-state index contributed by atoms with van der Waals surface area (Å²) in [6.45, 7) is 4.81. The fourth-order valence-corrected chi connectivity index (χ4v) is 3.50. The molecule has 8 heteroatoms. The molecule has 0 unspecified atom stereocenters. The summed E-state index contributed by atoms with van der Waals surface area (Å²) in [5.74, 6) is -0.262. The van der Waals surface area contributed by atoms with Crippen LogP contribution in [0.1, 0.15) is 22.5 Å². The normalized spacial score (nSPS) is 10.8. The Labute approximate surface area is 178 Å². The maximum atomic E-state index is 13.0. The van der Waals surface area contributed by atoms with Gasteiger partial charge in [0.25, 0.3) is 0 Å². The van der Waals surface area contributed by atoms with E-state index in [0.717, 1.165) is 28.2 Å². The second kappa shape index (κ2) is 8.90. The average Bonchev–Trinajstić information content (AvgIpc) is 2.92. The van der Waals surface area contributed by atoms with E-state index < -0.39 is 0 Å². The lowest BCUT2D eigenvalue weighted by molar-refractivity contribution is 0.627. The quantitative estimate of drug-likeness (QED) is 0.519. The monoisotopic (exact) mass is 436 g/mol. The van der Waals surface area contributed by atoms with Crippen LogP contribution in [-0.2, 0) is 13.1 Å². The van der Waals surface area contributed by atoms with Gasteiger partial charge in [0, 0.05) is 22.2 Å². The van der Waals surface area contributed by atoms with Crippen molar-refractivity contribution in [1.29, 1.82) is 0 Å². The van der Waals surface area contributed by atoms with Gasteiger partial charge in [0.15, 0.2) is 5.11 Å². The molecule has 0 atom stereocenters. The first-order chi connectivity index (χ1) is 13.3. The van der Waals surface area contributed by atoms with Crippen LogP contribution in [0.15, 0.2) is 42.5 Å². The van der Waals surface area contributed by atoms with Crippen molar-refractivity contribution in [1.82, 2.24) is 15.1 Å². The number of nitrogens with zero attached hydrogens (tertiary/aromatic N) is 2. The van der Waals surface area contributed by atoms with Gasteiger partial charge in [-0.15, -0.1) is 0 Å². The largest absolute Gasteiger partial charge is 0.358 e. The minimum absolute atomic E-state index is 0.262. The molecular formula is C20H19Cl2FN4S. The van der Waals surface area contributed by atoms with Crippen LogP contribution in [-0.4, -0.2) is 14.9 Å². The molecule has 0 saturated carbocycles. The third-order valence-electron chi connectivity index (χ3n) is 4.36. The minimum atomic E-state index is -0.262. The predicted molar refractivity (Wildman–Crippen MR) is 117 cm³/mol. The van der Waals surface area contributed by atoms with E-state index in [2.05, 4.69) is 15.7 Å². The summed E-state index contributed by atoms with van der Waals surface area (Å²) in [7, 11) is 0. The summed E-state index contributed by atoms with van der Waals surface area (Å²) in [4.78, 5) is 0. The molecule has 146 valence electrons. The van der Waals surface area contributed by atoms with E-state index in [9.17, 15) is 4.39 Å². The lowest BCUT2D eigenvalue weighted by atomic mass is 10.2. The zero-order chi connectivity index (χ0) is 20.3. The Hall–Kier alpha value is -2.15. The van der Waals surface area contributed by atoms with E-state index in [1.54, 1.807) is 12.1 Å². The Kier molecular flexibility index (Phi) is 6.54. The van der Waals surface area contributed by atoms with E-state index in [1.807, 2.05) is 36.7 Å². The molecule has 0 aliphatic rings. The van der Waals surface area contributed by atoms with Crippen LogP contribution in [0.5, 0.6) is 0 Å². The number of halogens is 3. The molecule has 0 spiro atoms. The van der Waals surface area contributed by atoms with Crippen molar-refractivity contribution < 1.29 is 4.39 Å². The highest BCUT2D eigenvalue weighted by Crippen LogP contribution is 2.27. The zero-order valence-corrected chi connectivity index (χ0v) is 17.7. The van der Waals surface area contributed by atoms with Crippen molar-refractivity contribution in [2.75, 3.05) is 5.32 Å². The summed E-state index contributed by atoms with van der Waals surface area (Å²) in [6, 6.07) is 11.7. The number of benzene rings is 2. The third-order valence-corrected chi connectivity index (χ3v) is 5.31. The number of thiocarbonyl (C=S) groups is 1. The van der Waals surface area contributed by atoms with Gasteiger partial charge in [-0.25, -0.2) is 4.39 Å². The van der Waals surface area contributed by atoms with Crippen molar-refractivity contribution in [2.24, 2.45) is 0 Å². The van der Waals surface area contributed by atoms with Crippen LogP contribution in [0, 0.1) is 19.7 Å². The maximum Gasteiger partial charge on any atom is 0.171 e. The molecule has 0 fully saturated rings. The number of hydrogen-bond acceptors (Lipinski definition) is 2. The lowest BCUT2D eigenvalue weighted by Gasteiger charge is -2.12.